The van der Waals surface area contributed by atoms with E-state index in [4.69, 9.17) is 8.83 Å². The highest BCUT2D eigenvalue weighted by Crippen LogP contribution is 1.99. The van der Waals surface area contributed by atoms with Gasteiger partial charge in [-0.3, -0.25) is 25.2 Å². The van der Waals surface area contributed by atoms with Crippen LogP contribution >= 0.6 is 0 Å². The standard InChI is InChI=1S/C12H11N3O5/c16-10(7-13-11(17)8-3-1-5-19-8)14-15-12(18)9-4-2-6-20-9/h1-6H,7H2,(H,13,17)(H,14,16)(H,15,18). The molecule has 0 saturated heterocycles. The maximum Gasteiger partial charge on any atom is 0.305 e. The van der Waals surface area contributed by atoms with Gasteiger partial charge in [0.25, 0.3) is 11.8 Å². The molecular weight excluding hydrogens is 266 g/mol. The van der Waals surface area contributed by atoms with E-state index in [1.807, 2.05) is 0 Å². The zero-order valence-electron chi connectivity index (χ0n) is 10.2. The Hall–Kier alpha value is -3.03. The average Bonchev–Trinajstić information content (AvgIpc) is 3.14. The highest BCUT2D eigenvalue weighted by Gasteiger charge is 2.12. The first-order valence-electron chi connectivity index (χ1n) is 5.61. The molecule has 3 N–H and O–H groups in total. The van der Waals surface area contributed by atoms with Gasteiger partial charge in [-0.25, -0.2) is 0 Å². The van der Waals surface area contributed by atoms with Gasteiger partial charge in [0.2, 0.25) is 0 Å². The first kappa shape index (κ1) is 13.4. The predicted molar refractivity (Wildman–Crippen MR) is 65.4 cm³/mol. The van der Waals surface area contributed by atoms with Crippen LogP contribution in [-0.2, 0) is 4.79 Å². The van der Waals surface area contributed by atoms with Gasteiger partial charge in [0, 0.05) is 0 Å². The molecule has 0 radical (unpaired) electrons. The summed E-state index contributed by atoms with van der Waals surface area (Å²) in [5.41, 5.74) is 4.26. The van der Waals surface area contributed by atoms with Crippen molar-refractivity contribution in [1.29, 1.82) is 0 Å². The monoisotopic (exact) mass is 277 g/mol. The molecule has 0 aromatic carbocycles. The molecule has 8 nitrogen and oxygen atoms in total. The first-order chi connectivity index (χ1) is 9.66. The SMILES string of the molecule is O=C(CNC(=O)c1ccco1)NNC(=O)c1ccco1. The summed E-state index contributed by atoms with van der Waals surface area (Å²) in [5.74, 6) is -1.56. The quantitative estimate of drug-likeness (QED) is 0.684. The second kappa shape index (κ2) is 6.23. The molecular formula is C12H11N3O5. The number of carbonyl (C=O) groups is 3. The number of hydrogen-bond acceptors (Lipinski definition) is 5. The van der Waals surface area contributed by atoms with Crippen molar-refractivity contribution in [3.8, 4) is 0 Å². The van der Waals surface area contributed by atoms with Crippen LogP contribution in [0.1, 0.15) is 21.1 Å². The summed E-state index contributed by atoms with van der Waals surface area (Å²) in [7, 11) is 0. The van der Waals surface area contributed by atoms with Crippen LogP contribution in [0.3, 0.4) is 0 Å². The summed E-state index contributed by atoms with van der Waals surface area (Å²) in [4.78, 5) is 34.3. The Morgan fingerprint density at radius 1 is 0.900 bits per heavy atom. The third-order valence-electron chi connectivity index (χ3n) is 2.21. The molecule has 2 aromatic rings. The molecule has 3 amide bonds. The van der Waals surface area contributed by atoms with Gasteiger partial charge in [-0.1, -0.05) is 0 Å². The molecule has 0 atom stereocenters. The average molecular weight is 277 g/mol. The third-order valence-corrected chi connectivity index (χ3v) is 2.21. The number of amides is 3. The minimum absolute atomic E-state index is 0.0601. The van der Waals surface area contributed by atoms with E-state index in [2.05, 4.69) is 16.2 Å². The lowest BCUT2D eigenvalue weighted by Crippen LogP contribution is -2.46. The van der Waals surface area contributed by atoms with Crippen molar-refractivity contribution in [3.63, 3.8) is 0 Å². The van der Waals surface area contributed by atoms with E-state index in [0.717, 1.165) is 0 Å². The molecule has 2 rings (SSSR count). The summed E-state index contributed by atoms with van der Waals surface area (Å²) in [6, 6.07) is 6.00. The van der Waals surface area contributed by atoms with E-state index in [0.29, 0.717) is 0 Å². The van der Waals surface area contributed by atoms with Gasteiger partial charge in [-0.2, -0.15) is 0 Å². The van der Waals surface area contributed by atoms with Crippen molar-refractivity contribution in [1.82, 2.24) is 16.2 Å². The van der Waals surface area contributed by atoms with E-state index < -0.39 is 17.7 Å². The molecule has 0 aliphatic carbocycles. The van der Waals surface area contributed by atoms with Crippen molar-refractivity contribution in [2.24, 2.45) is 0 Å². The normalized spacial score (nSPS) is 9.80. The second-order valence-corrected chi connectivity index (χ2v) is 3.64. The van der Waals surface area contributed by atoms with E-state index in [1.165, 1.54) is 24.7 Å². The maximum absolute atomic E-state index is 11.4. The fraction of sp³-hybridized carbons (Fsp3) is 0.0833. The van der Waals surface area contributed by atoms with E-state index >= 15 is 0 Å². The fourth-order valence-electron chi connectivity index (χ4n) is 1.30. The van der Waals surface area contributed by atoms with Gasteiger partial charge in [0.1, 0.15) is 0 Å². The Kier molecular flexibility index (Phi) is 4.17. The predicted octanol–water partition coefficient (Wildman–Crippen LogP) is 0.0636. The molecule has 0 aliphatic rings. The molecule has 0 bridgehead atoms. The molecule has 104 valence electrons. The Morgan fingerprint density at radius 3 is 2.05 bits per heavy atom. The first-order valence-corrected chi connectivity index (χ1v) is 5.61. The fourth-order valence-corrected chi connectivity index (χ4v) is 1.30. The molecule has 0 saturated carbocycles. The molecule has 0 spiro atoms. The number of furan rings is 2. The maximum atomic E-state index is 11.4. The molecule has 0 unspecified atom stereocenters. The third kappa shape index (κ3) is 3.48. The van der Waals surface area contributed by atoms with Gasteiger partial charge in [0.15, 0.2) is 11.5 Å². The summed E-state index contributed by atoms with van der Waals surface area (Å²) in [6.45, 7) is -0.308. The number of nitrogens with one attached hydrogen (secondary N) is 3. The zero-order valence-corrected chi connectivity index (χ0v) is 10.2. The molecule has 2 heterocycles. The summed E-state index contributed by atoms with van der Waals surface area (Å²) in [6.07, 6.45) is 2.68. The van der Waals surface area contributed by atoms with Crippen LogP contribution in [0.4, 0.5) is 0 Å². The molecule has 0 aliphatic heterocycles. The molecule has 8 heteroatoms. The van der Waals surface area contributed by atoms with Crippen molar-refractivity contribution in [3.05, 3.63) is 48.3 Å². The summed E-state index contributed by atoms with van der Waals surface area (Å²) in [5, 5.41) is 2.32. The highest BCUT2D eigenvalue weighted by molar-refractivity contribution is 5.95. The Labute approximate surface area is 113 Å². The minimum atomic E-state index is -0.597. The van der Waals surface area contributed by atoms with Crippen molar-refractivity contribution < 1.29 is 23.2 Å². The van der Waals surface area contributed by atoms with E-state index in [1.54, 1.807) is 12.1 Å². The number of rotatable bonds is 4. The second-order valence-electron chi connectivity index (χ2n) is 3.64. The van der Waals surface area contributed by atoms with Crippen LogP contribution in [0.2, 0.25) is 0 Å². The lowest BCUT2D eigenvalue weighted by Gasteiger charge is -2.06. The van der Waals surface area contributed by atoms with Crippen molar-refractivity contribution in [2.75, 3.05) is 6.54 Å². The molecule has 0 fully saturated rings. The minimum Gasteiger partial charge on any atom is -0.459 e. The largest absolute Gasteiger partial charge is 0.459 e. The lowest BCUT2D eigenvalue weighted by molar-refractivity contribution is -0.120. The van der Waals surface area contributed by atoms with Gasteiger partial charge in [-0.05, 0) is 24.3 Å². The topological polar surface area (TPSA) is 114 Å². The smallest absolute Gasteiger partial charge is 0.305 e. The summed E-state index contributed by atoms with van der Waals surface area (Å²) < 4.78 is 9.68. The van der Waals surface area contributed by atoms with Gasteiger partial charge in [-0.15, -0.1) is 0 Å². The summed E-state index contributed by atoms with van der Waals surface area (Å²) >= 11 is 0. The number of carbonyl (C=O) groups excluding carboxylic acids is 3. The van der Waals surface area contributed by atoms with Crippen LogP contribution < -0.4 is 16.2 Å². The van der Waals surface area contributed by atoms with E-state index in [9.17, 15) is 14.4 Å². The Balaban J connectivity index is 1.71. The number of hydrazine groups is 1. The zero-order chi connectivity index (χ0) is 14.4. The molecule has 20 heavy (non-hydrogen) atoms. The molecule has 2 aromatic heterocycles. The van der Waals surface area contributed by atoms with Gasteiger partial charge < -0.3 is 14.2 Å². The van der Waals surface area contributed by atoms with Crippen LogP contribution in [-0.4, -0.2) is 24.3 Å². The van der Waals surface area contributed by atoms with Crippen molar-refractivity contribution in [2.45, 2.75) is 0 Å². The Bertz CT molecular complexity index is 536. The Morgan fingerprint density at radius 2 is 1.50 bits per heavy atom. The van der Waals surface area contributed by atoms with Gasteiger partial charge in [0.05, 0.1) is 19.1 Å². The van der Waals surface area contributed by atoms with Crippen LogP contribution in [0, 0.1) is 0 Å². The van der Waals surface area contributed by atoms with Gasteiger partial charge >= 0.3 is 5.91 Å². The highest BCUT2D eigenvalue weighted by atomic mass is 16.3. The van der Waals surface area contributed by atoms with Crippen LogP contribution in [0.5, 0.6) is 0 Å². The lowest BCUT2D eigenvalue weighted by atomic mass is 10.4. The van der Waals surface area contributed by atoms with Crippen LogP contribution in [0.25, 0.3) is 0 Å². The van der Waals surface area contributed by atoms with Crippen LogP contribution in [0.15, 0.2) is 45.6 Å². The van der Waals surface area contributed by atoms with E-state index in [-0.39, 0.29) is 18.1 Å². The van der Waals surface area contributed by atoms with Crippen molar-refractivity contribution >= 4 is 17.7 Å². The number of hydrogen-bond donors (Lipinski definition) is 3.